The van der Waals surface area contributed by atoms with Crippen LogP contribution in [0, 0.1) is 5.92 Å². The third-order valence-electron chi connectivity index (χ3n) is 7.44. The largest absolute Gasteiger partial charge is 0.416 e. The van der Waals surface area contributed by atoms with Crippen molar-refractivity contribution in [2.45, 2.75) is 38.8 Å². The number of alkyl halides is 3. The predicted octanol–water partition coefficient (Wildman–Crippen LogP) is 8.58. The van der Waals surface area contributed by atoms with Gasteiger partial charge in [0.2, 0.25) is 0 Å². The summed E-state index contributed by atoms with van der Waals surface area (Å²) in [6.07, 6.45) is 1.26. The van der Waals surface area contributed by atoms with Crippen LogP contribution in [-0.4, -0.2) is 4.57 Å². The van der Waals surface area contributed by atoms with Gasteiger partial charge >= 0.3 is 6.18 Å². The van der Waals surface area contributed by atoms with Gasteiger partial charge in [-0.05, 0) is 52.9 Å². The van der Waals surface area contributed by atoms with E-state index in [1.807, 2.05) is 6.07 Å². The van der Waals surface area contributed by atoms with Crippen LogP contribution in [-0.2, 0) is 11.6 Å². The quantitative estimate of drug-likeness (QED) is 0.278. The monoisotopic (exact) mass is 443 g/mol. The van der Waals surface area contributed by atoms with Crippen LogP contribution in [0.5, 0.6) is 0 Å². The first-order chi connectivity index (χ1) is 15.7. The summed E-state index contributed by atoms with van der Waals surface area (Å²) >= 11 is 0. The van der Waals surface area contributed by atoms with Gasteiger partial charge in [0, 0.05) is 27.8 Å². The molecule has 6 rings (SSSR count). The van der Waals surface area contributed by atoms with Crippen molar-refractivity contribution in [3.8, 4) is 11.1 Å². The summed E-state index contributed by atoms with van der Waals surface area (Å²) in [5.41, 5.74) is 7.43. The van der Waals surface area contributed by atoms with Gasteiger partial charge in [0.25, 0.3) is 0 Å². The Hall–Kier alpha value is -3.27. The van der Waals surface area contributed by atoms with Crippen molar-refractivity contribution in [2.75, 3.05) is 0 Å². The van der Waals surface area contributed by atoms with Gasteiger partial charge in [-0.1, -0.05) is 69.3 Å². The van der Waals surface area contributed by atoms with Gasteiger partial charge in [-0.15, -0.1) is 0 Å². The number of hydrogen-bond acceptors (Lipinski definition) is 0. The van der Waals surface area contributed by atoms with E-state index in [0.29, 0.717) is 5.92 Å². The van der Waals surface area contributed by atoms with Crippen molar-refractivity contribution >= 4 is 27.5 Å². The highest BCUT2D eigenvalue weighted by Crippen LogP contribution is 2.51. The molecule has 0 amide bonds. The summed E-state index contributed by atoms with van der Waals surface area (Å²) in [5, 5.41) is 2.33. The van der Waals surface area contributed by atoms with Gasteiger partial charge < -0.3 is 4.57 Å². The maximum atomic E-state index is 13.0. The van der Waals surface area contributed by atoms with E-state index in [1.54, 1.807) is 12.1 Å². The number of allylic oxidation sites excluding steroid dienone is 4. The first-order valence-corrected chi connectivity index (χ1v) is 11.3. The number of nitrogens with zero attached hydrogens (tertiary/aromatic N) is 1. The highest BCUT2D eigenvalue weighted by Gasteiger charge is 2.38. The number of benzene rings is 3. The fourth-order valence-electron chi connectivity index (χ4n) is 5.72. The summed E-state index contributed by atoms with van der Waals surface area (Å²) in [7, 11) is 0. The number of fused-ring (bicyclic) bond motifs is 4. The van der Waals surface area contributed by atoms with Crippen LogP contribution in [0.3, 0.4) is 0 Å². The molecule has 1 unspecified atom stereocenters. The molecule has 166 valence electrons. The molecule has 0 saturated heterocycles. The fourth-order valence-corrected chi connectivity index (χ4v) is 5.72. The smallest absolute Gasteiger partial charge is 0.312 e. The second-order valence-electron chi connectivity index (χ2n) is 9.81. The lowest BCUT2D eigenvalue weighted by Gasteiger charge is -2.39. The lowest BCUT2D eigenvalue weighted by atomic mass is 9.71. The lowest BCUT2D eigenvalue weighted by Crippen LogP contribution is -2.29. The molecule has 2 aliphatic rings. The van der Waals surface area contributed by atoms with E-state index in [9.17, 15) is 13.2 Å². The average molecular weight is 444 g/mol. The van der Waals surface area contributed by atoms with E-state index in [1.165, 1.54) is 27.7 Å². The van der Waals surface area contributed by atoms with Gasteiger partial charge in [0.15, 0.2) is 0 Å². The van der Waals surface area contributed by atoms with Crippen LogP contribution in [0.25, 0.3) is 38.6 Å². The Morgan fingerprint density at radius 2 is 1.64 bits per heavy atom. The summed E-state index contributed by atoms with van der Waals surface area (Å²) in [5.74, 6) is 0.408. The van der Waals surface area contributed by atoms with Crippen LogP contribution in [0.2, 0.25) is 0 Å². The molecule has 1 aliphatic heterocycles. The Bertz CT molecular complexity index is 1490. The topological polar surface area (TPSA) is 4.93 Å². The summed E-state index contributed by atoms with van der Waals surface area (Å²) < 4.78 is 41.5. The number of rotatable bonds is 1. The molecule has 1 atom stereocenters. The van der Waals surface area contributed by atoms with Crippen LogP contribution in [0.1, 0.15) is 38.3 Å². The van der Waals surface area contributed by atoms with Crippen LogP contribution >= 0.6 is 0 Å². The third kappa shape index (κ3) is 2.79. The Morgan fingerprint density at radius 3 is 2.36 bits per heavy atom. The molecule has 4 aromatic rings. The van der Waals surface area contributed by atoms with E-state index >= 15 is 0 Å². The number of halogens is 3. The van der Waals surface area contributed by atoms with E-state index < -0.39 is 11.7 Å². The number of para-hydroxylation sites is 1. The second-order valence-corrected chi connectivity index (χ2v) is 9.81. The predicted molar refractivity (Wildman–Crippen MR) is 129 cm³/mol. The van der Waals surface area contributed by atoms with Crippen molar-refractivity contribution in [2.24, 2.45) is 5.92 Å². The number of aromatic nitrogens is 1. The molecule has 0 N–H and O–H groups in total. The molecular formula is C29H24F3N. The third-order valence-corrected chi connectivity index (χ3v) is 7.44. The maximum Gasteiger partial charge on any atom is 0.416 e. The molecule has 3 aromatic carbocycles. The first kappa shape index (κ1) is 20.3. The standard InChI is InChI=1S/C29H24F3N/c1-17-6-4-8-23-26(17)33-25-15-12-19(18-10-13-20(14-11-18)29(30,31)32)16-22(25)21-7-5-9-24(27(21)33)28(23,2)3/h4-5,7-17H,6H2,1-3H3. The Morgan fingerprint density at radius 1 is 0.909 bits per heavy atom. The van der Waals surface area contributed by atoms with E-state index in [4.69, 9.17) is 0 Å². The maximum absolute atomic E-state index is 13.0. The molecule has 2 heterocycles. The summed E-state index contributed by atoms with van der Waals surface area (Å²) in [4.78, 5) is 0. The highest BCUT2D eigenvalue weighted by atomic mass is 19.4. The van der Waals surface area contributed by atoms with Crippen molar-refractivity contribution in [1.82, 2.24) is 4.57 Å². The van der Waals surface area contributed by atoms with Crippen LogP contribution in [0.4, 0.5) is 13.2 Å². The molecule has 0 bridgehead atoms. The summed E-state index contributed by atoms with van der Waals surface area (Å²) in [6, 6.07) is 18.2. The molecule has 0 radical (unpaired) electrons. The van der Waals surface area contributed by atoms with Crippen molar-refractivity contribution in [1.29, 1.82) is 0 Å². The molecule has 0 spiro atoms. The van der Waals surface area contributed by atoms with Gasteiger partial charge in [0.1, 0.15) is 0 Å². The van der Waals surface area contributed by atoms with Gasteiger partial charge in [-0.25, -0.2) is 0 Å². The normalized spacial score (nSPS) is 19.4. The van der Waals surface area contributed by atoms with Gasteiger partial charge in [-0.3, -0.25) is 0 Å². The highest BCUT2D eigenvalue weighted by molar-refractivity contribution is 6.13. The Labute approximate surface area is 190 Å². The minimum Gasteiger partial charge on any atom is -0.312 e. The summed E-state index contributed by atoms with van der Waals surface area (Å²) in [6.45, 7) is 6.89. The zero-order chi connectivity index (χ0) is 23.1. The molecule has 4 heteroatoms. The van der Waals surface area contributed by atoms with E-state index in [0.717, 1.165) is 40.6 Å². The van der Waals surface area contributed by atoms with Crippen molar-refractivity contribution in [3.05, 3.63) is 89.5 Å². The van der Waals surface area contributed by atoms with Crippen molar-refractivity contribution in [3.63, 3.8) is 0 Å². The molecule has 1 aromatic heterocycles. The average Bonchev–Trinajstić information content (AvgIpc) is 3.11. The van der Waals surface area contributed by atoms with Gasteiger partial charge in [-0.2, -0.15) is 13.2 Å². The second kappa shape index (κ2) is 6.63. The number of hydrogen-bond donors (Lipinski definition) is 0. The van der Waals surface area contributed by atoms with Gasteiger partial charge in [0.05, 0.1) is 16.6 Å². The minimum atomic E-state index is -4.33. The zero-order valence-corrected chi connectivity index (χ0v) is 18.8. The fraction of sp³-hybridized carbons (Fsp3) is 0.241. The van der Waals surface area contributed by atoms with E-state index in [2.05, 4.69) is 67.8 Å². The minimum absolute atomic E-state index is 0.0966. The molecule has 0 fully saturated rings. The zero-order valence-electron chi connectivity index (χ0n) is 18.8. The lowest BCUT2D eigenvalue weighted by molar-refractivity contribution is -0.137. The van der Waals surface area contributed by atoms with Crippen LogP contribution in [0.15, 0.2) is 78.4 Å². The SMILES string of the molecule is CC1CC=CC2=C1n1c3ccc(-c4ccc(C(F)(F)F)cc4)cc3c3cccc(c31)C2(C)C. The molecule has 1 nitrogen and oxygen atoms in total. The molecule has 33 heavy (non-hydrogen) atoms. The van der Waals surface area contributed by atoms with Crippen molar-refractivity contribution < 1.29 is 13.2 Å². The Kier molecular flexibility index (Phi) is 4.09. The van der Waals surface area contributed by atoms with Crippen LogP contribution < -0.4 is 0 Å². The van der Waals surface area contributed by atoms with E-state index in [-0.39, 0.29) is 5.41 Å². The molecule has 0 saturated carbocycles. The first-order valence-electron chi connectivity index (χ1n) is 11.3. The molecular weight excluding hydrogens is 419 g/mol. The Balaban J connectivity index is 1.62. The molecule has 1 aliphatic carbocycles.